The van der Waals surface area contributed by atoms with Crippen molar-refractivity contribution in [3.05, 3.63) is 29.8 Å². The molecule has 1 rings (SSSR count). The fraction of sp³-hybridized carbons (Fsp3) is 0.429. The zero-order valence-corrected chi connectivity index (χ0v) is 11.3. The van der Waals surface area contributed by atoms with Gasteiger partial charge in [0, 0.05) is 5.56 Å². The molecule has 104 valence electrons. The molecule has 1 aromatic rings. The first-order chi connectivity index (χ1) is 8.93. The second-order valence-corrected chi connectivity index (χ2v) is 4.47. The van der Waals surface area contributed by atoms with Gasteiger partial charge >= 0.3 is 5.97 Å². The molecule has 0 bridgehead atoms. The minimum Gasteiger partial charge on any atom is -0.491 e. The standard InChI is InChI=1S/C14H19NO4/c1-4-12(14(17)18)15-13(16)10-6-5-7-11(8-10)19-9(2)3/h5-9,12H,4H2,1-3H3,(H,15,16)(H,17,18). The number of carboxylic acid groups (broad SMARTS) is 1. The minimum atomic E-state index is -1.04. The van der Waals surface area contributed by atoms with E-state index in [2.05, 4.69) is 5.32 Å². The van der Waals surface area contributed by atoms with Gasteiger partial charge in [-0.2, -0.15) is 0 Å². The Kier molecular flexibility index (Phi) is 5.36. The van der Waals surface area contributed by atoms with E-state index in [1.165, 1.54) is 0 Å². The monoisotopic (exact) mass is 265 g/mol. The fourth-order valence-electron chi connectivity index (χ4n) is 1.56. The van der Waals surface area contributed by atoms with E-state index in [1.807, 2.05) is 13.8 Å². The highest BCUT2D eigenvalue weighted by atomic mass is 16.5. The van der Waals surface area contributed by atoms with Crippen molar-refractivity contribution in [2.24, 2.45) is 0 Å². The van der Waals surface area contributed by atoms with E-state index < -0.39 is 17.9 Å². The highest BCUT2D eigenvalue weighted by Gasteiger charge is 2.18. The third kappa shape index (κ3) is 4.62. The van der Waals surface area contributed by atoms with Gasteiger partial charge in [0.2, 0.25) is 0 Å². The van der Waals surface area contributed by atoms with E-state index in [4.69, 9.17) is 9.84 Å². The van der Waals surface area contributed by atoms with E-state index in [1.54, 1.807) is 31.2 Å². The maximum absolute atomic E-state index is 11.9. The van der Waals surface area contributed by atoms with Crippen molar-refractivity contribution in [2.75, 3.05) is 0 Å². The lowest BCUT2D eigenvalue weighted by molar-refractivity contribution is -0.139. The van der Waals surface area contributed by atoms with E-state index in [9.17, 15) is 9.59 Å². The van der Waals surface area contributed by atoms with E-state index >= 15 is 0 Å². The van der Waals surface area contributed by atoms with Crippen molar-refractivity contribution >= 4 is 11.9 Å². The molecule has 1 aromatic carbocycles. The molecule has 2 N–H and O–H groups in total. The molecule has 0 aromatic heterocycles. The maximum atomic E-state index is 11.9. The van der Waals surface area contributed by atoms with Gasteiger partial charge in [-0.05, 0) is 38.5 Å². The van der Waals surface area contributed by atoms with Gasteiger partial charge in [-0.3, -0.25) is 4.79 Å². The predicted molar refractivity (Wildman–Crippen MR) is 71.4 cm³/mol. The molecule has 0 aliphatic rings. The van der Waals surface area contributed by atoms with E-state index in [0.717, 1.165) is 0 Å². The van der Waals surface area contributed by atoms with Gasteiger partial charge in [0.05, 0.1) is 6.10 Å². The smallest absolute Gasteiger partial charge is 0.326 e. The Bertz CT molecular complexity index is 457. The number of nitrogens with one attached hydrogen (secondary N) is 1. The van der Waals surface area contributed by atoms with Crippen LogP contribution in [0.15, 0.2) is 24.3 Å². The average molecular weight is 265 g/mol. The van der Waals surface area contributed by atoms with Gasteiger partial charge in [-0.15, -0.1) is 0 Å². The largest absolute Gasteiger partial charge is 0.491 e. The molecule has 0 saturated heterocycles. The molecule has 1 unspecified atom stereocenters. The van der Waals surface area contributed by atoms with Crippen LogP contribution in [0.3, 0.4) is 0 Å². The highest BCUT2D eigenvalue weighted by Crippen LogP contribution is 2.15. The summed E-state index contributed by atoms with van der Waals surface area (Å²) >= 11 is 0. The molecule has 19 heavy (non-hydrogen) atoms. The summed E-state index contributed by atoms with van der Waals surface area (Å²) in [4.78, 5) is 22.8. The predicted octanol–water partition coefficient (Wildman–Crippen LogP) is 2.07. The zero-order chi connectivity index (χ0) is 14.4. The fourth-order valence-corrected chi connectivity index (χ4v) is 1.56. The van der Waals surface area contributed by atoms with Crippen molar-refractivity contribution in [1.29, 1.82) is 0 Å². The van der Waals surface area contributed by atoms with Crippen LogP contribution in [-0.4, -0.2) is 29.1 Å². The topological polar surface area (TPSA) is 75.6 Å². The Morgan fingerprint density at radius 1 is 1.37 bits per heavy atom. The molecular formula is C14H19NO4. The number of benzene rings is 1. The van der Waals surface area contributed by atoms with Crippen LogP contribution in [0.25, 0.3) is 0 Å². The third-order valence-electron chi connectivity index (χ3n) is 2.48. The lowest BCUT2D eigenvalue weighted by Gasteiger charge is -2.14. The number of ether oxygens (including phenoxy) is 1. The molecule has 0 spiro atoms. The molecule has 0 heterocycles. The maximum Gasteiger partial charge on any atom is 0.326 e. The molecule has 1 atom stereocenters. The molecule has 5 nitrogen and oxygen atoms in total. The molecule has 0 aliphatic carbocycles. The van der Waals surface area contributed by atoms with Crippen LogP contribution in [0.1, 0.15) is 37.6 Å². The third-order valence-corrected chi connectivity index (χ3v) is 2.48. The van der Waals surface area contributed by atoms with Crippen molar-refractivity contribution in [3.63, 3.8) is 0 Å². The average Bonchev–Trinajstić information content (AvgIpc) is 2.34. The Labute approximate surface area is 112 Å². The summed E-state index contributed by atoms with van der Waals surface area (Å²) < 4.78 is 5.49. The van der Waals surface area contributed by atoms with E-state index in [0.29, 0.717) is 17.7 Å². The Balaban J connectivity index is 2.79. The van der Waals surface area contributed by atoms with Crippen LogP contribution in [0.2, 0.25) is 0 Å². The number of carbonyl (C=O) groups excluding carboxylic acids is 1. The van der Waals surface area contributed by atoms with Crippen molar-refractivity contribution in [2.45, 2.75) is 39.3 Å². The SMILES string of the molecule is CCC(NC(=O)c1cccc(OC(C)C)c1)C(=O)O. The second kappa shape index (κ2) is 6.78. The van der Waals surface area contributed by atoms with Crippen LogP contribution >= 0.6 is 0 Å². The molecule has 0 radical (unpaired) electrons. The van der Waals surface area contributed by atoms with Crippen molar-refractivity contribution in [3.8, 4) is 5.75 Å². The van der Waals surface area contributed by atoms with Crippen LogP contribution in [0.5, 0.6) is 5.75 Å². The first-order valence-electron chi connectivity index (χ1n) is 6.24. The normalized spacial score (nSPS) is 12.0. The van der Waals surface area contributed by atoms with Crippen LogP contribution in [0, 0.1) is 0 Å². The number of hydrogen-bond donors (Lipinski definition) is 2. The lowest BCUT2D eigenvalue weighted by Crippen LogP contribution is -2.40. The minimum absolute atomic E-state index is 0.0146. The van der Waals surface area contributed by atoms with Gasteiger partial charge in [-0.25, -0.2) is 4.79 Å². The number of rotatable bonds is 6. The summed E-state index contributed by atoms with van der Waals surface area (Å²) in [5, 5.41) is 11.4. The Hall–Kier alpha value is -2.04. The Morgan fingerprint density at radius 3 is 2.58 bits per heavy atom. The summed E-state index contributed by atoms with van der Waals surface area (Å²) in [5.41, 5.74) is 0.387. The molecule has 1 amide bonds. The summed E-state index contributed by atoms with van der Waals surface area (Å²) in [6, 6.07) is 5.81. The number of hydrogen-bond acceptors (Lipinski definition) is 3. The molecule has 0 saturated carbocycles. The summed E-state index contributed by atoms with van der Waals surface area (Å²) in [7, 11) is 0. The van der Waals surface area contributed by atoms with Gasteiger partial charge in [0.15, 0.2) is 0 Å². The summed E-state index contributed by atoms with van der Waals surface area (Å²) in [6.45, 7) is 5.49. The van der Waals surface area contributed by atoms with Gasteiger partial charge in [-0.1, -0.05) is 13.0 Å². The van der Waals surface area contributed by atoms with Gasteiger partial charge < -0.3 is 15.2 Å². The second-order valence-electron chi connectivity index (χ2n) is 4.47. The molecule has 5 heteroatoms. The van der Waals surface area contributed by atoms with E-state index in [-0.39, 0.29) is 6.10 Å². The quantitative estimate of drug-likeness (QED) is 0.825. The van der Waals surface area contributed by atoms with Crippen LogP contribution in [0.4, 0.5) is 0 Å². The summed E-state index contributed by atoms with van der Waals surface area (Å²) in [5.74, 6) is -0.861. The first kappa shape index (κ1) is 15.0. The van der Waals surface area contributed by atoms with Crippen molar-refractivity contribution < 1.29 is 19.4 Å². The molecular weight excluding hydrogens is 246 g/mol. The van der Waals surface area contributed by atoms with Gasteiger partial charge in [0.1, 0.15) is 11.8 Å². The number of carbonyl (C=O) groups is 2. The number of aliphatic carboxylic acids is 1. The summed E-state index contributed by atoms with van der Waals surface area (Å²) in [6.07, 6.45) is 0.351. The van der Waals surface area contributed by atoms with Crippen molar-refractivity contribution in [1.82, 2.24) is 5.32 Å². The lowest BCUT2D eigenvalue weighted by atomic mass is 10.1. The van der Waals surface area contributed by atoms with Crippen LogP contribution in [-0.2, 0) is 4.79 Å². The van der Waals surface area contributed by atoms with Gasteiger partial charge in [0.25, 0.3) is 5.91 Å². The Morgan fingerprint density at radius 2 is 2.05 bits per heavy atom. The number of amides is 1. The highest BCUT2D eigenvalue weighted by molar-refractivity contribution is 5.96. The number of carboxylic acids is 1. The molecule has 0 aliphatic heterocycles. The van der Waals surface area contributed by atoms with Crippen LogP contribution < -0.4 is 10.1 Å². The zero-order valence-electron chi connectivity index (χ0n) is 11.3. The first-order valence-corrected chi connectivity index (χ1v) is 6.24. The molecule has 0 fully saturated rings.